The zero-order valence-corrected chi connectivity index (χ0v) is 21.5. The second-order valence-electron chi connectivity index (χ2n) is 10.6. The first-order chi connectivity index (χ1) is 17.6. The fraction of sp³-hybridized carbons (Fsp3) is 0.500. The number of halogens is 1. The Kier molecular flexibility index (Phi) is 8.08. The van der Waals surface area contributed by atoms with Crippen molar-refractivity contribution in [3.05, 3.63) is 47.8 Å². The molecule has 0 spiro atoms. The van der Waals surface area contributed by atoms with Gasteiger partial charge in [-0.25, -0.2) is 4.39 Å². The van der Waals surface area contributed by atoms with Crippen LogP contribution in [0.25, 0.3) is 11.1 Å². The van der Waals surface area contributed by atoms with Crippen LogP contribution in [0.2, 0.25) is 0 Å². The van der Waals surface area contributed by atoms with E-state index < -0.39 is 17.6 Å². The number of nitrogens with zero attached hydrogens (tertiary/aromatic N) is 4. The van der Waals surface area contributed by atoms with Gasteiger partial charge in [-0.1, -0.05) is 12.1 Å². The lowest BCUT2D eigenvalue weighted by molar-refractivity contribution is -0.121. The molecule has 9 heteroatoms. The molecule has 2 aromatic rings. The number of alkyl halides is 1. The van der Waals surface area contributed by atoms with E-state index in [1.54, 1.807) is 44.3 Å². The number of piperidine rings is 1. The van der Waals surface area contributed by atoms with Crippen molar-refractivity contribution in [1.29, 1.82) is 5.26 Å². The topological polar surface area (TPSA) is 113 Å². The summed E-state index contributed by atoms with van der Waals surface area (Å²) in [5.74, 6) is 0.0859. The van der Waals surface area contributed by atoms with Gasteiger partial charge in [0, 0.05) is 24.8 Å². The predicted octanol–water partition coefficient (Wildman–Crippen LogP) is 3.55. The first kappa shape index (κ1) is 26.6. The third-order valence-electron chi connectivity index (χ3n) is 7.04. The van der Waals surface area contributed by atoms with Gasteiger partial charge in [0.1, 0.15) is 29.2 Å². The number of primary amides is 1. The van der Waals surface area contributed by atoms with E-state index in [2.05, 4.69) is 16.0 Å². The Balaban J connectivity index is 1.36. The lowest BCUT2D eigenvalue weighted by atomic mass is 9.96. The number of amides is 2. The van der Waals surface area contributed by atoms with E-state index in [-0.39, 0.29) is 11.6 Å². The molecule has 1 atom stereocenters. The SMILES string of the molecule is CC(C)(F)CN1CCC(COc2ccc(-c3ccc(C(=O)N4CCCC4C(N)=O)nc3)cc2C#N)CC1. The molecule has 3 heterocycles. The Hall–Kier alpha value is -3.51. The maximum absolute atomic E-state index is 13.9. The van der Waals surface area contributed by atoms with Crippen LogP contribution in [-0.2, 0) is 4.79 Å². The van der Waals surface area contributed by atoms with Gasteiger partial charge in [0.15, 0.2) is 0 Å². The van der Waals surface area contributed by atoms with Gasteiger partial charge >= 0.3 is 0 Å². The van der Waals surface area contributed by atoms with Crippen molar-refractivity contribution in [2.75, 3.05) is 32.8 Å². The lowest BCUT2D eigenvalue weighted by Crippen LogP contribution is -2.43. The predicted molar refractivity (Wildman–Crippen MR) is 137 cm³/mol. The minimum atomic E-state index is -1.19. The van der Waals surface area contributed by atoms with E-state index in [4.69, 9.17) is 10.5 Å². The summed E-state index contributed by atoms with van der Waals surface area (Å²) in [6.07, 6.45) is 4.77. The van der Waals surface area contributed by atoms with Gasteiger partial charge in [-0.05, 0) is 82.3 Å². The molecule has 0 radical (unpaired) electrons. The highest BCUT2D eigenvalue weighted by Gasteiger charge is 2.33. The van der Waals surface area contributed by atoms with Crippen LogP contribution in [0, 0.1) is 17.2 Å². The number of likely N-dealkylation sites (tertiary alicyclic amines) is 2. The largest absolute Gasteiger partial charge is 0.492 e. The molecule has 4 rings (SSSR count). The number of rotatable bonds is 8. The van der Waals surface area contributed by atoms with Crippen LogP contribution in [-0.4, -0.2) is 71.1 Å². The molecule has 0 saturated carbocycles. The lowest BCUT2D eigenvalue weighted by Gasteiger charge is -2.34. The first-order valence-corrected chi connectivity index (χ1v) is 12.8. The van der Waals surface area contributed by atoms with E-state index >= 15 is 0 Å². The van der Waals surface area contributed by atoms with Gasteiger partial charge < -0.3 is 20.3 Å². The number of benzene rings is 1. The smallest absolute Gasteiger partial charge is 0.273 e. The van der Waals surface area contributed by atoms with Crippen LogP contribution in [0.3, 0.4) is 0 Å². The zero-order valence-electron chi connectivity index (χ0n) is 21.5. The summed E-state index contributed by atoms with van der Waals surface area (Å²) in [7, 11) is 0. The summed E-state index contributed by atoms with van der Waals surface area (Å²) < 4.78 is 19.9. The average molecular weight is 508 g/mol. The van der Waals surface area contributed by atoms with Gasteiger partial charge in [-0.3, -0.25) is 14.6 Å². The quantitative estimate of drug-likeness (QED) is 0.585. The highest BCUT2D eigenvalue weighted by molar-refractivity contribution is 5.96. The van der Waals surface area contributed by atoms with Crippen molar-refractivity contribution >= 4 is 11.8 Å². The number of ether oxygens (including phenoxy) is 1. The molecular weight excluding hydrogens is 473 g/mol. The van der Waals surface area contributed by atoms with Gasteiger partial charge in [0.25, 0.3) is 5.91 Å². The monoisotopic (exact) mass is 507 g/mol. The molecule has 0 bridgehead atoms. The third-order valence-corrected chi connectivity index (χ3v) is 7.04. The fourth-order valence-corrected chi connectivity index (χ4v) is 5.12. The average Bonchev–Trinajstić information content (AvgIpc) is 3.37. The summed E-state index contributed by atoms with van der Waals surface area (Å²) in [4.78, 5) is 32.4. The Morgan fingerprint density at radius 2 is 1.89 bits per heavy atom. The van der Waals surface area contributed by atoms with Crippen LogP contribution in [0.5, 0.6) is 5.75 Å². The molecule has 0 aliphatic carbocycles. The number of nitriles is 1. The minimum absolute atomic E-state index is 0.249. The summed E-state index contributed by atoms with van der Waals surface area (Å²) >= 11 is 0. The van der Waals surface area contributed by atoms with E-state index in [0.29, 0.717) is 43.3 Å². The van der Waals surface area contributed by atoms with Crippen LogP contribution in [0.15, 0.2) is 36.5 Å². The molecule has 8 nitrogen and oxygen atoms in total. The summed E-state index contributed by atoms with van der Waals surface area (Å²) in [6, 6.07) is 10.4. The normalized spacial score (nSPS) is 19.0. The van der Waals surface area contributed by atoms with Gasteiger partial charge in [0.2, 0.25) is 5.91 Å². The molecule has 2 amide bonds. The van der Waals surface area contributed by atoms with E-state index in [1.807, 2.05) is 6.07 Å². The molecule has 196 valence electrons. The zero-order chi connectivity index (χ0) is 26.6. The molecule has 2 aliphatic heterocycles. The van der Waals surface area contributed by atoms with Crippen molar-refractivity contribution in [2.45, 2.75) is 51.2 Å². The number of carbonyl (C=O) groups is 2. The van der Waals surface area contributed by atoms with E-state index in [0.717, 1.165) is 43.5 Å². The summed E-state index contributed by atoms with van der Waals surface area (Å²) in [5, 5.41) is 9.70. The van der Waals surface area contributed by atoms with Gasteiger partial charge in [-0.15, -0.1) is 0 Å². The van der Waals surface area contributed by atoms with Crippen LogP contribution in [0.1, 0.15) is 55.6 Å². The van der Waals surface area contributed by atoms with Crippen molar-refractivity contribution in [2.24, 2.45) is 11.7 Å². The Labute approximate surface area is 217 Å². The van der Waals surface area contributed by atoms with Crippen LogP contribution in [0.4, 0.5) is 4.39 Å². The molecule has 2 fully saturated rings. The molecule has 37 heavy (non-hydrogen) atoms. The second-order valence-corrected chi connectivity index (χ2v) is 10.6. The maximum atomic E-state index is 13.9. The minimum Gasteiger partial charge on any atom is -0.492 e. The second kappa shape index (κ2) is 11.3. The molecule has 2 aliphatic rings. The van der Waals surface area contributed by atoms with E-state index in [1.165, 1.54) is 4.90 Å². The first-order valence-electron chi connectivity index (χ1n) is 12.8. The number of hydrogen-bond donors (Lipinski definition) is 1. The third kappa shape index (κ3) is 6.63. The Bertz CT molecular complexity index is 1160. The summed E-state index contributed by atoms with van der Waals surface area (Å²) in [5.41, 5.74) is 6.46. The van der Waals surface area contributed by atoms with Crippen molar-refractivity contribution in [3.63, 3.8) is 0 Å². The van der Waals surface area contributed by atoms with Crippen molar-refractivity contribution < 1.29 is 18.7 Å². The highest BCUT2D eigenvalue weighted by Crippen LogP contribution is 2.28. The van der Waals surface area contributed by atoms with E-state index in [9.17, 15) is 19.2 Å². The fourth-order valence-electron chi connectivity index (χ4n) is 5.12. The Morgan fingerprint density at radius 1 is 1.16 bits per heavy atom. The van der Waals surface area contributed by atoms with Gasteiger partial charge in [-0.2, -0.15) is 5.26 Å². The standard InChI is InChI=1S/C28H34FN5O3/c1-28(2,29)18-33-12-9-19(10-13-33)17-37-25-8-6-20(14-22(25)15-30)21-5-7-23(32-16-21)27(36)34-11-3-4-24(34)26(31)35/h5-8,14,16,19,24H,3-4,9-13,17-18H2,1-2H3,(H2,31,35). The number of nitrogens with two attached hydrogens (primary N) is 1. The molecule has 1 aromatic heterocycles. The van der Waals surface area contributed by atoms with Crippen molar-refractivity contribution in [3.8, 4) is 22.9 Å². The number of aromatic nitrogens is 1. The molecule has 2 saturated heterocycles. The van der Waals surface area contributed by atoms with Gasteiger partial charge in [0.05, 0.1) is 12.2 Å². The Morgan fingerprint density at radius 3 is 2.51 bits per heavy atom. The number of pyridine rings is 1. The molecule has 1 aromatic carbocycles. The van der Waals surface area contributed by atoms with Crippen LogP contribution >= 0.6 is 0 Å². The number of carbonyl (C=O) groups excluding carboxylic acids is 2. The highest BCUT2D eigenvalue weighted by atomic mass is 19.1. The van der Waals surface area contributed by atoms with Crippen molar-refractivity contribution in [1.82, 2.24) is 14.8 Å². The molecule has 1 unspecified atom stereocenters. The maximum Gasteiger partial charge on any atom is 0.273 e. The summed E-state index contributed by atoms with van der Waals surface area (Å²) in [6.45, 7) is 6.34. The van der Waals surface area contributed by atoms with Crippen LogP contribution < -0.4 is 10.5 Å². The number of hydrogen-bond acceptors (Lipinski definition) is 6. The molecule has 2 N–H and O–H groups in total. The molecular formula is C28H34FN5O3.